The van der Waals surface area contributed by atoms with E-state index >= 15 is 0 Å². The second-order valence-corrected chi connectivity index (χ2v) is 10.6. The molecule has 0 unspecified atom stereocenters. The number of hydrogen-bond donors (Lipinski definition) is 2. The van der Waals surface area contributed by atoms with E-state index < -0.39 is 12.1 Å². The first kappa shape index (κ1) is 30.0. The first-order valence-corrected chi connectivity index (χ1v) is 14.4. The number of carboxylic acids is 1. The molecule has 6 heteroatoms. The zero-order valence-electron chi connectivity index (χ0n) is 21.1. The molecular weight excluding hydrogens is 436 g/mol. The molecule has 0 radical (unpaired) electrons. The summed E-state index contributed by atoms with van der Waals surface area (Å²) < 4.78 is 5.00. The zero-order valence-corrected chi connectivity index (χ0v) is 21.9. The molecule has 0 aliphatic heterocycles. The molecule has 0 aromatic carbocycles. The lowest BCUT2D eigenvalue weighted by Gasteiger charge is -2.36. The Hall–Kier alpha value is -1.01. The Morgan fingerprint density at radius 3 is 2.18 bits per heavy atom. The lowest BCUT2D eigenvalue weighted by atomic mass is 9.80. The van der Waals surface area contributed by atoms with E-state index in [2.05, 4.69) is 13.0 Å². The molecular formula is C27H48O5S. The number of aliphatic hydroxyl groups is 1. The largest absolute Gasteiger partial charge is 0.481 e. The van der Waals surface area contributed by atoms with Crippen LogP contribution in [0.3, 0.4) is 0 Å². The first-order chi connectivity index (χ1) is 16.0. The number of unbranched alkanes of at least 4 members (excludes halogenated alkanes) is 11. The molecule has 1 aliphatic carbocycles. The van der Waals surface area contributed by atoms with Crippen LogP contribution in [0, 0.1) is 5.92 Å². The molecule has 5 nitrogen and oxygen atoms in total. The quantitative estimate of drug-likeness (QED) is 0.118. The van der Waals surface area contributed by atoms with Gasteiger partial charge in [0.15, 0.2) is 0 Å². The highest BCUT2D eigenvalue weighted by molar-refractivity contribution is 8.00. The summed E-state index contributed by atoms with van der Waals surface area (Å²) in [5.41, 5.74) is 1.23. The van der Waals surface area contributed by atoms with E-state index in [1.165, 1.54) is 69.8 Å². The standard InChI is InChI=1S/C27H48O5S/c1-3-5-6-7-8-9-10-11-12-13-14-15-16-22-17-18-23(21-24(28)29)26(31)27(22)33-20-19-25(30)32-4-2/h16,23,26-27,31H,3-15,17-21H2,1-2H3,(H,28,29)/b22-16+/t23-,26+,27+/m0/s1. The highest BCUT2D eigenvalue weighted by atomic mass is 32.2. The predicted molar refractivity (Wildman–Crippen MR) is 138 cm³/mol. The van der Waals surface area contributed by atoms with Crippen LogP contribution in [0.25, 0.3) is 0 Å². The van der Waals surface area contributed by atoms with Crippen molar-refractivity contribution in [3.63, 3.8) is 0 Å². The molecule has 0 saturated heterocycles. The van der Waals surface area contributed by atoms with Gasteiger partial charge < -0.3 is 14.9 Å². The summed E-state index contributed by atoms with van der Waals surface area (Å²) in [6, 6.07) is 0. The lowest BCUT2D eigenvalue weighted by Crippen LogP contribution is -2.38. The number of allylic oxidation sites excluding steroid dienone is 1. The summed E-state index contributed by atoms with van der Waals surface area (Å²) in [7, 11) is 0. The van der Waals surface area contributed by atoms with Gasteiger partial charge in [-0.1, -0.05) is 82.8 Å². The maximum Gasteiger partial charge on any atom is 0.306 e. The van der Waals surface area contributed by atoms with Crippen LogP contribution < -0.4 is 0 Å². The number of aliphatic hydroxyl groups excluding tert-OH is 1. The Morgan fingerprint density at radius 2 is 1.61 bits per heavy atom. The van der Waals surface area contributed by atoms with Crippen molar-refractivity contribution >= 4 is 23.7 Å². The van der Waals surface area contributed by atoms with Gasteiger partial charge in [0.2, 0.25) is 0 Å². The summed E-state index contributed by atoms with van der Waals surface area (Å²) in [5, 5.41) is 19.9. The fraction of sp³-hybridized carbons (Fsp3) is 0.852. The topological polar surface area (TPSA) is 83.8 Å². The summed E-state index contributed by atoms with van der Waals surface area (Å²) >= 11 is 1.57. The molecule has 1 fully saturated rings. The summed E-state index contributed by atoms with van der Waals surface area (Å²) in [4.78, 5) is 22.8. The molecule has 3 atom stereocenters. The summed E-state index contributed by atoms with van der Waals surface area (Å²) in [5.74, 6) is -0.718. The van der Waals surface area contributed by atoms with Gasteiger partial charge in [0.05, 0.1) is 30.8 Å². The average molecular weight is 485 g/mol. The van der Waals surface area contributed by atoms with Crippen LogP contribution in [-0.4, -0.2) is 45.9 Å². The maximum atomic E-state index is 11.7. The van der Waals surface area contributed by atoms with Crippen LogP contribution in [0.2, 0.25) is 0 Å². The molecule has 1 saturated carbocycles. The molecule has 0 spiro atoms. The number of aliphatic carboxylic acids is 1. The Bertz CT molecular complexity index is 563. The van der Waals surface area contributed by atoms with Crippen LogP contribution in [-0.2, 0) is 14.3 Å². The Labute approximate surface area is 206 Å². The van der Waals surface area contributed by atoms with Crippen LogP contribution in [0.5, 0.6) is 0 Å². The van der Waals surface area contributed by atoms with Crippen LogP contribution >= 0.6 is 11.8 Å². The number of carbonyl (C=O) groups is 2. The molecule has 0 heterocycles. The van der Waals surface area contributed by atoms with Crippen LogP contribution in [0.1, 0.15) is 117 Å². The fourth-order valence-corrected chi connectivity index (χ4v) is 5.99. The van der Waals surface area contributed by atoms with Crippen molar-refractivity contribution in [3.8, 4) is 0 Å². The van der Waals surface area contributed by atoms with Crippen LogP contribution in [0.4, 0.5) is 0 Å². The number of esters is 1. The Balaban J connectivity index is 2.37. The maximum absolute atomic E-state index is 11.7. The van der Waals surface area contributed by atoms with Crippen molar-refractivity contribution < 1.29 is 24.5 Å². The van der Waals surface area contributed by atoms with E-state index in [-0.39, 0.29) is 23.6 Å². The predicted octanol–water partition coefficient (Wildman–Crippen LogP) is 6.91. The molecule has 0 aromatic heterocycles. The zero-order chi connectivity index (χ0) is 24.3. The van der Waals surface area contributed by atoms with Crippen LogP contribution in [0.15, 0.2) is 11.6 Å². The monoisotopic (exact) mass is 484 g/mol. The SMILES string of the molecule is CCCCCCCCCCCCC/C=C1\CC[C@@H](CC(=O)O)[C@@H](O)[C@@H]1SCCC(=O)OCC. The fourth-order valence-electron chi connectivity index (χ4n) is 4.60. The molecule has 33 heavy (non-hydrogen) atoms. The lowest BCUT2D eigenvalue weighted by molar-refractivity contribution is -0.142. The minimum Gasteiger partial charge on any atom is -0.481 e. The average Bonchev–Trinajstić information content (AvgIpc) is 2.78. The number of carbonyl (C=O) groups excluding carboxylic acids is 1. The Morgan fingerprint density at radius 1 is 1.00 bits per heavy atom. The second-order valence-electron chi connectivity index (χ2n) is 9.34. The Kier molecular flexibility index (Phi) is 17.6. The summed E-state index contributed by atoms with van der Waals surface area (Å²) in [6.07, 6.45) is 19.1. The third kappa shape index (κ3) is 14.1. The number of hydrogen-bond acceptors (Lipinski definition) is 5. The van der Waals surface area contributed by atoms with E-state index in [9.17, 15) is 19.8 Å². The number of ether oxygens (including phenoxy) is 1. The van der Waals surface area contributed by atoms with Crippen molar-refractivity contribution in [2.45, 2.75) is 128 Å². The minimum atomic E-state index is -0.859. The number of rotatable bonds is 19. The number of carboxylic acid groups (broad SMARTS) is 1. The molecule has 0 aromatic rings. The van der Waals surface area contributed by atoms with Gasteiger partial charge in [-0.05, 0) is 38.5 Å². The van der Waals surface area contributed by atoms with Crippen molar-refractivity contribution in [1.29, 1.82) is 0 Å². The van der Waals surface area contributed by atoms with Gasteiger partial charge in [-0.3, -0.25) is 9.59 Å². The highest BCUT2D eigenvalue weighted by Gasteiger charge is 2.36. The molecule has 192 valence electrons. The normalized spacial score (nSPS) is 21.9. The molecule has 1 aliphatic rings. The number of thioether (sulfide) groups is 1. The van der Waals surface area contributed by atoms with Gasteiger partial charge in [0.1, 0.15) is 0 Å². The van der Waals surface area contributed by atoms with Crippen molar-refractivity contribution in [2.24, 2.45) is 5.92 Å². The van der Waals surface area contributed by atoms with E-state index in [1.54, 1.807) is 18.7 Å². The smallest absolute Gasteiger partial charge is 0.306 e. The molecule has 0 amide bonds. The van der Waals surface area contributed by atoms with E-state index in [0.717, 1.165) is 19.3 Å². The van der Waals surface area contributed by atoms with Gasteiger partial charge in [-0.15, -0.1) is 0 Å². The van der Waals surface area contributed by atoms with Crippen molar-refractivity contribution in [1.82, 2.24) is 0 Å². The van der Waals surface area contributed by atoms with E-state index in [4.69, 9.17) is 4.74 Å². The molecule has 2 N–H and O–H groups in total. The highest BCUT2D eigenvalue weighted by Crippen LogP contribution is 2.38. The molecule has 0 bridgehead atoms. The van der Waals surface area contributed by atoms with Crippen molar-refractivity contribution in [3.05, 3.63) is 11.6 Å². The van der Waals surface area contributed by atoms with Gasteiger partial charge in [0, 0.05) is 5.75 Å². The van der Waals surface area contributed by atoms with E-state index in [0.29, 0.717) is 25.2 Å². The first-order valence-electron chi connectivity index (χ1n) is 13.4. The second kappa shape index (κ2) is 19.3. The van der Waals surface area contributed by atoms with Crippen molar-refractivity contribution in [2.75, 3.05) is 12.4 Å². The van der Waals surface area contributed by atoms with Gasteiger partial charge in [0.25, 0.3) is 0 Å². The third-order valence-corrected chi connectivity index (χ3v) is 7.90. The molecule has 1 rings (SSSR count). The van der Waals surface area contributed by atoms with E-state index in [1.807, 2.05) is 0 Å². The van der Waals surface area contributed by atoms with Gasteiger partial charge in [-0.2, -0.15) is 11.8 Å². The minimum absolute atomic E-state index is 0.00197. The van der Waals surface area contributed by atoms with Gasteiger partial charge >= 0.3 is 11.9 Å². The summed E-state index contributed by atoms with van der Waals surface area (Å²) in [6.45, 7) is 4.43. The van der Waals surface area contributed by atoms with Gasteiger partial charge in [-0.25, -0.2) is 0 Å². The third-order valence-electron chi connectivity index (χ3n) is 6.52.